The van der Waals surface area contributed by atoms with Gasteiger partial charge in [0.15, 0.2) is 0 Å². The molecule has 0 radical (unpaired) electrons. The first kappa shape index (κ1) is 15.3. The number of nitrogens with one attached hydrogen (secondary N) is 2. The molecule has 1 aromatic rings. The zero-order chi connectivity index (χ0) is 14.4. The van der Waals surface area contributed by atoms with Crippen LogP contribution in [-0.4, -0.2) is 21.2 Å². The van der Waals surface area contributed by atoms with Crippen molar-refractivity contribution in [2.75, 3.05) is 17.5 Å². The quantitative estimate of drug-likeness (QED) is 0.848. The Bertz CT molecular complexity index is 522. The molecule has 0 aromatic heterocycles. The number of hydrogen-bond donors (Lipinski definition) is 2. The van der Waals surface area contributed by atoms with Crippen LogP contribution >= 0.6 is 0 Å². The predicted molar refractivity (Wildman–Crippen MR) is 83.2 cm³/mol. The second-order valence-corrected chi connectivity index (χ2v) is 7.39. The fourth-order valence-electron chi connectivity index (χ4n) is 2.83. The van der Waals surface area contributed by atoms with Crippen molar-refractivity contribution >= 4 is 15.7 Å². The van der Waals surface area contributed by atoms with Crippen LogP contribution in [0.15, 0.2) is 24.3 Å². The lowest BCUT2D eigenvalue weighted by molar-refractivity contribution is 0.385. The summed E-state index contributed by atoms with van der Waals surface area (Å²) in [5, 5.41) is 3.06. The number of hydrogen-bond acceptors (Lipinski definition) is 3. The van der Waals surface area contributed by atoms with E-state index in [1.54, 1.807) is 6.07 Å². The molecule has 1 aromatic carbocycles. The van der Waals surface area contributed by atoms with E-state index in [-0.39, 0.29) is 5.75 Å². The Morgan fingerprint density at radius 3 is 2.65 bits per heavy atom. The molecule has 0 unspecified atom stereocenters. The third-order valence-corrected chi connectivity index (χ3v) is 5.22. The minimum atomic E-state index is -3.24. The summed E-state index contributed by atoms with van der Waals surface area (Å²) >= 11 is 0. The SMILES string of the molecule is CNCc1cccc(NS(=O)(=O)CC2CCCCC2)c1. The Hall–Kier alpha value is -1.07. The molecule has 20 heavy (non-hydrogen) atoms. The topological polar surface area (TPSA) is 58.2 Å². The highest BCUT2D eigenvalue weighted by atomic mass is 32.2. The summed E-state index contributed by atoms with van der Waals surface area (Å²) in [7, 11) is -1.36. The third-order valence-electron chi connectivity index (χ3n) is 3.76. The molecule has 0 amide bonds. The summed E-state index contributed by atoms with van der Waals surface area (Å²) in [5.41, 5.74) is 1.74. The smallest absolute Gasteiger partial charge is 0.232 e. The van der Waals surface area contributed by atoms with Gasteiger partial charge in [-0.3, -0.25) is 4.72 Å². The van der Waals surface area contributed by atoms with Crippen LogP contribution in [0.25, 0.3) is 0 Å². The number of rotatable bonds is 6. The fraction of sp³-hybridized carbons (Fsp3) is 0.600. The summed E-state index contributed by atoms with van der Waals surface area (Å²) in [6.45, 7) is 0.734. The lowest BCUT2D eigenvalue weighted by atomic mass is 9.91. The second-order valence-electron chi connectivity index (χ2n) is 5.62. The molecule has 0 atom stereocenters. The van der Waals surface area contributed by atoms with E-state index in [4.69, 9.17) is 0 Å². The maximum Gasteiger partial charge on any atom is 0.232 e. The van der Waals surface area contributed by atoms with Gasteiger partial charge in [0.1, 0.15) is 0 Å². The van der Waals surface area contributed by atoms with E-state index >= 15 is 0 Å². The molecule has 1 fully saturated rings. The Labute approximate surface area is 122 Å². The minimum Gasteiger partial charge on any atom is -0.316 e. The van der Waals surface area contributed by atoms with Crippen LogP contribution in [0.3, 0.4) is 0 Å². The maximum atomic E-state index is 12.2. The van der Waals surface area contributed by atoms with Crippen LogP contribution in [-0.2, 0) is 16.6 Å². The van der Waals surface area contributed by atoms with Crippen molar-refractivity contribution < 1.29 is 8.42 Å². The minimum absolute atomic E-state index is 0.253. The number of sulfonamides is 1. The van der Waals surface area contributed by atoms with Gasteiger partial charge in [-0.15, -0.1) is 0 Å². The van der Waals surface area contributed by atoms with E-state index < -0.39 is 10.0 Å². The van der Waals surface area contributed by atoms with E-state index in [0.29, 0.717) is 11.6 Å². The molecule has 112 valence electrons. The summed E-state index contributed by atoms with van der Waals surface area (Å²) in [6.07, 6.45) is 5.66. The number of anilines is 1. The fourth-order valence-corrected chi connectivity index (χ4v) is 4.36. The van der Waals surface area contributed by atoms with Gasteiger partial charge in [0.05, 0.1) is 5.75 Å². The molecule has 0 heterocycles. The largest absolute Gasteiger partial charge is 0.316 e. The van der Waals surface area contributed by atoms with Crippen molar-refractivity contribution in [3.8, 4) is 0 Å². The molecule has 0 spiro atoms. The van der Waals surface area contributed by atoms with Gasteiger partial charge in [-0.25, -0.2) is 8.42 Å². The highest BCUT2D eigenvalue weighted by Crippen LogP contribution is 2.25. The number of benzene rings is 1. The van der Waals surface area contributed by atoms with Gasteiger partial charge < -0.3 is 5.32 Å². The van der Waals surface area contributed by atoms with Gasteiger partial charge >= 0.3 is 0 Å². The molecule has 0 bridgehead atoms. The van der Waals surface area contributed by atoms with Crippen molar-refractivity contribution in [1.82, 2.24) is 5.32 Å². The monoisotopic (exact) mass is 296 g/mol. The molecule has 2 rings (SSSR count). The summed E-state index contributed by atoms with van der Waals surface area (Å²) in [4.78, 5) is 0. The highest BCUT2D eigenvalue weighted by molar-refractivity contribution is 7.92. The zero-order valence-corrected chi connectivity index (χ0v) is 12.9. The Morgan fingerprint density at radius 1 is 1.20 bits per heavy atom. The molecule has 2 N–H and O–H groups in total. The van der Waals surface area contributed by atoms with E-state index in [1.807, 2.05) is 25.2 Å². The second kappa shape index (κ2) is 7.09. The molecular weight excluding hydrogens is 272 g/mol. The zero-order valence-electron chi connectivity index (χ0n) is 12.1. The van der Waals surface area contributed by atoms with Crippen LogP contribution in [0.1, 0.15) is 37.7 Å². The Morgan fingerprint density at radius 2 is 1.95 bits per heavy atom. The standard InChI is InChI=1S/C15H24N2O2S/c1-16-11-14-8-5-9-15(10-14)17-20(18,19)12-13-6-3-2-4-7-13/h5,8-10,13,16-17H,2-4,6-7,11-12H2,1H3. The normalized spacial score (nSPS) is 17.1. The molecular formula is C15H24N2O2S. The summed E-state index contributed by atoms with van der Waals surface area (Å²) < 4.78 is 27.1. The van der Waals surface area contributed by atoms with E-state index in [0.717, 1.165) is 37.8 Å². The van der Waals surface area contributed by atoms with Gasteiger partial charge in [-0.05, 0) is 43.5 Å². The summed E-state index contributed by atoms with van der Waals surface area (Å²) in [5.74, 6) is 0.574. The summed E-state index contributed by atoms with van der Waals surface area (Å²) in [6, 6.07) is 7.55. The lowest BCUT2D eigenvalue weighted by Crippen LogP contribution is -2.24. The van der Waals surface area contributed by atoms with Crippen molar-refractivity contribution in [2.45, 2.75) is 38.6 Å². The molecule has 0 aliphatic heterocycles. The lowest BCUT2D eigenvalue weighted by Gasteiger charge is -2.21. The van der Waals surface area contributed by atoms with E-state index in [2.05, 4.69) is 10.0 Å². The van der Waals surface area contributed by atoms with Gasteiger partial charge in [0, 0.05) is 12.2 Å². The average molecular weight is 296 g/mol. The first-order chi connectivity index (χ1) is 9.59. The molecule has 1 saturated carbocycles. The van der Waals surface area contributed by atoms with Crippen molar-refractivity contribution in [1.29, 1.82) is 0 Å². The third kappa shape index (κ3) is 4.80. The molecule has 4 nitrogen and oxygen atoms in total. The molecule has 1 aliphatic carbocycles. The molecule has 0 saturated heterocycles. The van der Waals surface area contributed by atoms with Gasteiger partial charge in [-0.1, -0.05) is 31.4 Å². The van der Waals surface area contributed by atoms with E-state index in [9.17, 15) is 8.42 Å². The maximum absolute atomic E-state index is 12.2. The first-order valence-corrected chi connectivity index (χ1v) is 8.98. The first-order valence-electron chi connectivity index (χ1n) is 7.33. The van der Waals surface area contributed by atoms with Crippen LogP contribution in [0.4, 0.5) is 5.69 Å². The van der Waals surface area contributed by atoms with Crippen LogP contribution < -0.4 is 10.0 Å². The molecule has 1 aliphatic rings. The Kier molecular flexibility index (Phi) is 5.43. The molecule has 5 heteroatoms. The van der Waals surface area contributed by atoms with Crippen molar-refractivity contribution in [3.05, 3.63) is 29.8 Å². The van der Waals surface area contributed by atoms with Gasteiger partial charge in [0.25, 0.3) is 0 Å². The predicted octanol–water partition coefficient (Wildman–Crippen LogP) is 2.73. The van der Waals surface area contributed by atoms with Crippen LogP contribution in [0, 0.1) is 5.92 Å². The highest BCUT2D eigenvalue weighted by Gasteiger charge is 2.21. The average Bonchev–Trinajstić information content (AvgIpc) is 2.39. The van der Waals surface area contributed by atoms with Crippen LogP contribution in [0.5, 0.6) is 0 Å². The Balaban J connectivity index is 1.98. The van der Waals surface area contributed by atoms with E-state index in [1.165, 1.54) is 6.42 Å². The van der Waals surface area contributed by atoms with Crippen molar-refractivity contribution in [2.24, 2.45) is 5.92 Å². The van der Waals surface area contributed by atoms with Gasteiger partial charge in [-0.2, -0.15) is 0 Å². The van der Waals surface area contributed by atoms with Gasteiger partial charge in [0.2, 0.25) is 10.0 Å². The van der Waals surface area contributed by atoms with Crippen molar-refractivity contribution in [3.63, 3.8) is 0 Å². The van der Waals surface area contributed by atoms with Crippen LogP contribution in [0.2, 0.25) is 0 Å².